The second kappa shape index (κ2) is 36.4. The normalized spacial score (nSPS) is 9.56. The van der Waals surface area contributed by atoms with Crippen molar-refractivity contribution in [3.63, 3.8) is 0 Å². The third-order valence-electron chi connectivity index (χ3n) is 1.33. The van der Waals surface area contributed by atoms with Crippen molar-refractivity contribution in [2.75, 3.05) is 20.3 Å². The van der Waals surface area contributed by atoms with Crippen LogP contribution in [0.15, 0.2) is 0 Å². The lowest BCUT2D eigenvalue weighted by Gasteiger charge is -1.90. The number of hydrogen-bond acceptors (Lipinski definition) is 4. The minimum atomic E-state index is -0.116. The maximum Gasteiger partial charge on any atom is 0.0509 e. The Morgan fingerprint density at radius 1 is 0.875 bits per heavy atom. The Hall–Kier alpha value is -0.160. The van der Waals surface area contributed by atoms with Gasteiger partial charge in [-0.15, -0.1) is 0 Å². The Labute approximate surface area is 101 Å². The van der Waals surface area contributed by atoms with Gasteiger partial charge in [0.25, 0.3) is 0 Å². The molecule has 4 nitrogen and oxygen atoms in total. The van der Waals surface area contributed by atoms with E-state index in [1.807, 2.05) is 13.8 Å². The average Bonchev–Trinajstić information content (AvgIpc) is 2.33. The van der Waals surface area contributed by atoms with E-state index in [-0.39, 0.29) is 6.10 Å². The highest BCUT2D eigenvalue weighted by Crippen LogP contribution is 1.81. The second-order valence-electron chi connectivity index (χ2n) is 3.06. The Morgan fingerprint density at radius 2 is 1.19 bits per heavy atom. The van der Waals surface area contributed by atoms with Gasteiger partial charge in [0.2, 0.25) is 0 Å². The fourth-order valence-corrected chi connectivity index (χ4v) is 0.158. The molecule has 0 aromatic rings. The molecule has 0 aromatic carbocycles. The van der Waals surface area contributed by atoms with Crippen LogP contribution in [-0.2, 0) is 0 Å². The molecule has 0 rings (SSSR count). The van der Waals surface area contributed by atoms with Crippen LogP contribution < -0.4 is 0 Å². The molecule has 0 radical (unpaired) electrons. The first-order chi connectivity index (χ1) is 7.60. The van der Waals surface area contributed by atoms with Crippen molar-refractivity contribution in [2.24, 2.45) is 0 Å². The van der Waals surface area contributed by atoms with E-state index in [4.69, 9.17) is 20.4 Å². The van der Waals surface area contributed by atoms with Gasteiger partial charge in [-0.25, -0.2) is 0 Å². The topological polar surface area (TPSA) is 80.9 Å². The molecule has 0 aliphatic rings. The summed E-state index contributed by atoms with van der Waals surface area (Å²) >= 11 is 0. The van der Waals surface area contributed by atoms with Gasteiger partial charge in [0.05, 0.1) is 6.10 Å². The molecule has 0 saturated heterocycles. The lowest BCUT2D eigenvalue weighted by atomic mass is 10.3. The van der Waals surface area contributed by atoms with E-state index in [0.717, 1.165) is 32.8 Å². The zero-order valence-electron chi connectivity index (χ0n) is 11.6. The summed E-state index contributed by atoms with van der Waals surface area (Å²) in [6.45, 7) is 8.37. The average molecular weight is 240 g/mol. The molecular formula is C12H32O4. The fourth-order valence-electron chi connectivity index (χ4n) is 0.158. The Bertz CT molecular complexity index is 64.0. The molecule has 104 valence electrons. The largest absolute Gasteiger partial charge is 0.400 e. The zero-order chi connectivity index (χ0) is 13.8. The molecule has 0 spiro atoms. The molecule has 4 N–H and O–H groups in total. The van der Waals surface area contributed by atoms with Crippen LogP contribution in [0.4, 0.5) is 0 Å². The van der Waals surface area contributed by atoms with Crippen molar-refractivity contribution < 1.29 is 20.4 Å². The summed E-state index contributed by atoms with van der Waals surface area (Å²) in [5.41, 5.74) is 0. The highest BCUT2D eigenvalue weighted by molar-refractivity contribution is 4.34. The summed E-state index contributed by atoms with van der Waals surface area (Å²) in [6.07, 6.45) is 3.66. The quantitative estimate of drug-likeness (QED) is 0.601. The highest BCUT2D eigenvalue weighted by Gasteiger charge is 1.81. The molecule has 4 heteroatoms. The monoisotopic (exact) mass is 240 g/mol. The third-order valence-corrected chi connectivity index (χ3v) is 1.33. The Morgan fingerprint density at radius 3 is 1.19 bits per heavy atom. The fraction of sp³-hybridized carbons (Fsp3) is 1.00. The maximum absolute atomic E-state index is 8.36. The first-order valence-corrected chi connectivity index (χ1v) is 5.94. The summed E-state index contributed by atoms with van der Waals surface area (Å²) in [5, 5.41) is 31.3. The summed E-state index contributed by atoms with van der Waals surface area (Å²) in [4.78, 5) is 0. The van der Waals surface area contributed by atoms with Gasteiger partial charge in [0, 0.05) is 20.3 Å². The molecule has 0 heterocycles. The van der Waals surface area contributed by atoms with Crippen molar-refractivity contribution in [2.45, 2.75) is 59.5 Å². The van der Waals surface area contributed by atoms with E-state index < -0.39 is 0 Å². The van der Waals surface area contributed by atoms with E-state index in [0.29, 0.717) is 13.2 Å². The molecule has 0 bridgehead atoms. The summed E-state index contributed by atoms with van der Waals surface area (Å²) < 4.78 is 0. The zero-order valence-corrected chi connectivity index (χ0v) is 11.6. The summed E-state index contributed by atoms with van der Waals surface area (Å²) in [7, 11) is 1.00. The molecule has 0 saturated carbocycles. The number of unbranched alkanes of at least 4 members (excludes halogenated alkanes) is 1. The summed E-state index contributed by atoms with van der Waals surface area (Å²) in [5.74, 6) is 0. The van der Waals surface area contributed by atoms with Gasteiger partial charge in [0.1, 0.15) is 0 Å². The van der Waals surface area contributed by atoms with Crippen LogP contribution >= 0.6 is 0 Å². The molecule has 1 unspecified atom stereocenters. The Kier molecular flexibility index (Phi) is 56.6. The summed E-state index contributed by atoms with van der Waals surface area (Å²) in [6, 6.07) is 0. The molecule has 0 aliphatic carbocycles. The smallest absolute Gasteiger partial charge is 0.0509 e. The van der Waals surface area contributed by atoms with Gasteiger partial charge in [-0.2, -0.15) is 0 Å². The molecule has 0 fully saturated rings. The van der Waals surface area contributed by atoms with Gasteiger partial charge in [-0.3, -0.25) is 0 Å². The van der Waals surface area contributed by atoms with Gasteiger partial charge < -0.3 is 20.4 Å². The molecule has 0 aliphatic heterocycles. The SMILES string of the molecule is CCC(C)O.CCCCO.CCCO.CO. The van der Waals surface area contributed by atoms with E-state index in [9.17, 15) is 0 Å². The predicted octanol–water partition coefficient (Wildman–Crippen LogP) is 1.55. The van der Waals surface area contributed by atoms with Crippen molar-refractivity contribution in [1.29, 1.82) is 0 Å². The van der Waals surface area contributed by atoms with Crippen molar-refractivity contribution in [1.82, 2.24) is 0 Å². The molecule has 0 amide bonds. The molecule has 1 atom stereocenters. The van der Waals surface area contributed by atoms with Crippen molar-refractivity contribution >= 4 is 0 Å². The maximum atomic E-state index is 8.36. The second-order valence-corrected chi connectivity index (χ2v) is 3.06. The molecular weight excluding hydrogens is 208 g/mol. The highest BCUT2D eigenvalue weighted by atomic mass is 16.3. The van der Waals surface area contributed by atoms with Crippen LogP contribution in [0.3, 0.4) is 0 Å². The lowest BCUT2D eigenvalue weighted by Crippen LogP contribution is -1.93. The third kappa shape index (κ3) is 97.4. The van der Waals surface area contributed by atoms with E-state index in [2.05, 4.69) is 6.92 Å². The van der Waals surface area contributed by atoms with Crippen LogP contribution in [0.25, 0.3) is 0 Å². The standard InChI is InChI=1S/2C4H10O.C3H8O.CH4O/c1-3-4(2)5;1-2-3-4-5;1-2-3-4;1-2/h4-5H,3H2,1-2H3;5H,2-4H2,1H3;4H,2-3H2,1H3;2H,1H3. The van der Waals surface area contributed by atoms with Crippen molar-refractivity contribution in [3.8, 4) is 0 Å². The van der Waals surface area contributed by atoms with Crippen LogP contribution in [0.5, 0.6) is 0 Å². The number of hydrogen-bond donors (Lipinski definition) is 4. The molecule has 0 aromatic heterocycles. The van der Waals surface area contributed by atoms with Gasteiger partial charge >= 0.3 is 0 Å². The number of rotatable bonds is 4. The first kappa shape index (κ1) is 24.9. The minimum Gasteiger partial charge on any atom is -0.400 e. The van der Waals surface area contributed by atoms with E-state index in [1.165, 1.54) is 0 Å². The minimum absolute atomic E-state index is 0.116. The number of aliphatic hydroxyl groups excluding tert-OH is 4. The van der Waals surface area contributed by atoms with E-state index >= 15 is 0 Å². The number of aliphatic hydroxyl groups is 4. The lowest BCUT2D eigenvalue weighted by molar-refractivity contribution is 0.191. The van der Waals surface area contributed by atoms with Gasteiger partial charge in [-0.05, 0) is 26.2 Å². The Balaban J connectivity index is -0.0000000629. The first-order valence-electron chi connectivity index (χ1n) is 5.94. The van der Waals surface area contributed by atoms with E-state index in [1.54, 1.807) is 6.92 Å². The van der Waals surface area contributed by atoms with Crippen LogP contribution in [0.2, 0.25) is 0 Å². The predicted molar refractivity (Wildman–Crippen MR) is 69.5 cm³/mol. The van der Waals surface area contributed by atoms with Gasteiger partial charge in [0.15, 0.2) is 0 Å². The van der Waals surface area contributed by atoms with Crippen LogP contribution in [-0.4, -0.2) is 46.9 Å². The van der Waals surface area contributed by atoms with Gasteiger partial charge in [-0.1, -0.05) is 27.2 Å². The molecule has 16 heavy (non-hydrogen) atoms. The van der Waals surface area contributed by atoms with Crippen molar-refractivity contribution in [3.05, 3.63) is 0 Å². The van der Waals surface area contributed by atoms with Crippen LogP contribution in [0, 0.1) is 0 Å². The van der Waals surface area contributed by atoms with Crippen LogP contribution in [0.1, 0.15) is 53.4 Å².